The molecule has 3 rings (SSSR count). The Morgan fingerprint density at radius 3 is 2.80 bits per heavy atom. The number of anilines is 3. The molecule has 0 aliphatic heterocycles. The molecular weight excluding hydrogens is 316 g/mol. The van der Waals surface area contributed by atoms with Crippen molar-refractivity contribution in [2.75, 3.05) is 22.9 Å². The third-order valence-electron chi connectivity index (χ3n) is 3.89. The van der Waals surface area contributed by atoms with Gasteiger partial charge in [0.15, 0.2) is 17.0 Å². The fourth-order valence-electron chi connectivity index (χ4n) is 2.53. The molecule has 0 aliphatic carbocycles. The zero-order valence-electron chi connectivity index (χ0n) is 14.7. The van der Waals surface area contributed by atoms with Crippen LogP contribution >= 0.6 is 0 Å². The number of nitrogens with zero attached hydrogens (tertiary/aromatic N) is 4. The molecule has 0 radical (unpaired) electrons. The van der Waals surface area contributed by atoms with Crippen molar-refractivity contribution in [2.45, 2.75) is 26.4 Å². The van der Waals surface area contributed by atoms with Gasteiger partial charge in [0, 0.05) is 31.9 Å². The molecule has 0 saturated heterocycles. The maximum atomic E-state index is 6.06. The average Bonchev–Trinajstić information content (AvgIpc) is 2.95. The molecule has 1 aromatic carbocycles. The number of fused-ring (bicyclic) bond motifs is 1. The third kappa shape index (κ3) is 3.80. The van der Waals surface area contributed by atoms with E-state index in [1.807, 2.05) is 37.6 Å². The van der Waals surface area contributed by atoms with Crippen molar-refractivity contribution in [3.63, 3.8) is 0 Å². The molecule has 0 aliphatic rings. The van der Waals surface area contributed by atoms with E-state index in [2.05, 4.69) is 31.7 Å². The van der Waals surface area contributed by atoms with E-state index in [4.69, 9.17) is 11.5 Å². The number of imidazole rings is 1. The Morgan fingerprint density at radius 2 is 2.04 bits per heavy atom. The van der Waals surface area contributed by atoms with E-state index in [-0.39, 0.29) is 6.04 Å². The summed E-state index contributed by atoms with van der Waals surface area (Å²) in [5, 5.41) is 6.49. The predicted molar refractivity (Wildman–Crippen MR) is 101 cm³/mol. The highest BCUT2D eigenvalue weighted by Gasteiger charge is 2.12. The minimum atomic E-state index is 0.00864. The normalized spacial score (nSPS) is 12.3. The molecule has 132 valence electrons. The second-order valence-electron chi connectivity index (χ2n) is 6.34. The van der Waals surface area contributed by atoms with Crippen molar-refractivity contribution < 1.29 is 0 Å². The lowest BCUT2D eigenvalue weighted by Gasteiger charge is -2.12. The molecule has 2 aromatic heterocycles. The highest BCUT2D eigenvalue weighted by molar-refractivity contribution is 5.84. The van der Waals surface area contributed by atoms with Crippen LogP contribution in [-0.4, -0.2) is 32.1 Å². The van der Waals surface area contributed by atoms with Crippen molar-refractivity contribution in [1.29, 1.82) is 0 Å². The number of benzene rings is 1. The van der Waals surface area contributed by atoms with Crippen molar-refractivity contribution in [2.24, 2.45) is 12.8 Å². The Morgan fingerprint density at radius 1 is 1.24 bits per heavy atom. The highest BCUT2D eigenvalue weighted by Crippen LogP contribution is 2.22. The summed E-state index contributed by atoms with van der Waals surface area (Å²) in [5.74, 6) is 1.19. The zero-order valence-corrected chi connectivity index (χ0v) is 14.7. The van der Waals surface area contributed by atoms with Crippen LogP contribution < -0.4 is 22.1 Å². The average molecular weight is 340 g/mol. The number of nitrogens with one attached hydrogen (secondary N) is 2. The fraction of sp³-hybridized carbons (Fsp3) is 0.353. The Hall–Kier alpha value is -2.87. The maximum Gasteiger partial charge on any atom is 0.226 e. The van der Waals surface area contributed by atoms with E-state index in [0.717, 1.165) is 28.0 Å². The first kappa shape index (κ1) is 17.0. The van der Waals surface area contributed by atoms with Crippen molar-refractivity contribution >= 4 is 28.6 Å². The Kier molecular flexibility index (Phi) is 4.71. The summed E-state index contributed by atoms with van der Waals surface area (Å²) in [6, 6.07) is 5.98. The molecule has 8 heteroatoms. The molecular formula is C17H24N8. The molecule has 0 spiro atoms. The smallest absolute Gasteiger partial charge is 0.226 e. The summed E-state index contributed by atoms with van der Waals surface area (Å²) < 4.78 is 1.86. The number of aryl methyl sites for hydroxylation is 2. The Balaban J connectivity index is 1.89. The number of aromatic nitrogens is 4. The van der Waals surface area contributed by atoms with Crippen molar-refractivity contribution in [3.05, 3.63) is 35.7 Å². The first-order valence-corrected chi connectivity index (χ1v) is 8.21. The summed E-state index contributed by atoms with van der Waals surface area (Å²) in [5.41, 5.74) is 16.3. The molecule has 0 amide bonds. The van der Waals surface area contributed by atoms with Gasteiger partial charge in [-0.3, -0.25) is 0 Å². The number of nitrogens with two attached hydrogens (primary N) is 2. The standard InChI is InChI=1S/C17H24N8/c1-10-4-5-13(19)12(6-10)8-20-15-14-16(25(3)9-22-14)24-17(23-15)21-7-11(2)18/h4-6,9,11H,7-8,18-19H2,1-3H3,(H2,20,21,23,24). The van der Waals surface area contributed by atoms with Gasteiger partial charge in [-0.15, -0.1) is 0 Å². The van der Waals surface area contributed by atoms with E-state index in [0.29, 0.717) is 24.9 Å². The van der Waals surface area contributed by atoms with Gasteiger partial charge in [0.05, 0.1) is 6.33 Å². The summed E-state index contributed by atoms with van der Waals surface area (Å²) in [6.07, 6.45) is 1.72. The molecule has 1 unspecified atom stereocenters. The lowest BCUT2D eigenvalue weighted by molar-refractivity contribution is 0.773. The van der Waals surface area contributed by atoms with Gasteiger partial charge in [-0.1, -0.05) is 17.7 Å². The van der Waals surface area contributed by atoms with Gasteiger partial charge >= 0.3 is 0 Å². The van der Waals surface area contributed by atoms with Gasteiger partial charge in [0.2, 0.25) is 5.95 Å². The van der Waals surface area contributed by atoms with Crippen LogP contribution in [0.4, 0.5) is 17.5 Å². The lowest BCUT2D eigenvalue weighted by Crippen LogP contribution is -2.26. The Labute approximate surface area is 146 Å². The van der Waals surface area contributed by atoms with Crippen LogP contribution in [0.25, 0.3) is 11.2 Å². The molecule has 1 atom stereocenters. The molecule has 6 N–H and O–H groups in total. The third-order valence-corrected chi connectivity index (χ3v) is 3.89. The molecule has 0 saturated carbocycles. The number of nitrogen functional groups attached to an aromatic ring is 1. The first-order valence-electron chi connectivity index (χ1n) is 8.21. The van der Waals surface area contributed by atoms with Crippen LogP contribution in [0.2, 0.25) is 0 Å². The number of rotatable bonds is 6. The predicted octanol–water partition coefficient (Wildman–Crippen LogP) is 1.63. The molecule has 25 heavy (non-hydrogen) atoms. The van der Waals surface area contributed by atoms with E-state index in [1.165, 1.54) is 0 Å². The second kappa shape index (κ2) is 6.94. The number of hydrogen-bond acceptors (Lipinski definition) is 7. The minimum Gasteiger partial charge on any atom is -0.398 e. The molecule has 3 aromatic rings. The van der Waals surface area contributed by atoms with Crippen LogP contribution in [-0.2, 0) is 13.6 Å². The van der Waals surface area contributed by atoms with Gasteiger partial charge in [-0.2, -0.15) is 9.97 Å². The Bertz CT molecular complexity index is 884. The van der Waals surface area contributed by atoms with E-state index >= 15 is 0 Å². The van der Waals surface area contributed by atoms with Gasteiger partial charge in [0.25, 0.3) is 0 Å². The minimum absolute atomic E-state index is 0.00864. The van der Waals surface area contributed by atoms with Crippen LogP contribution in [0.15, 0.2) is 24.5 Å². The van der Waals surface area contributed by atoms with E-state index in [9.17, 15) is 0 Å². The van der Waals surface area contributed by atoms with Crippen LogP contribution in [0, 0.1) is 6.92 Å². The SMILES string of the molecule is Cc1ccc(N)c(CNc2nc(NCC(C)N)nc3c2ncn3C)c1. The van der Waals surface area contributed by atoms with Gasteiger partial charge in [-0.05, 0) is 25.5 Å². The topological polar surface area (TPSA) is 120 Å². The van der Waals surface area contributed by atoms with Crippen LogP contribution in [0.5, 0.6) is 0 Å². The summed E-state index contributed by atoms with van der Waals surface area (Å²) in [4.78, 5) is 13.5. The maximum absolute atomic E-state index is 6.06. The lowest BCUT2D eigenvalue weighted by atomic mass is 10.1. The zero-order chi connectivity index (χ0) is 18.0. The van der Waals surface area contributed by atoms with Gasteiger partial charge in [0.1, 0.15) is 0 Å². The quantitative estimate of drug-likeness (QED) is 0.503. The summed E-state index contributed by atoms with van der Waals surface area (Å²) >= 11 is 0. The second-order valence-corrected chi connectivity index (χ2v) is 6.34. The van der Waals surface area contributed by atoms with Crippen LogP contribution in [0.1, 0.15) is 18.1 Å². The van der Waals surface area contributed by atoms with Gasteiger partial charge in [-0.25, -0.2) is 4.98 Å². The largest absolute Gasteiger partial charge is 0.398 e. The summed E-state index contributed by atoms with van der Waals surface area (Å²) in [7, 11) is 1.90. The van der Waals surface area contributed by atoms with Gasteiger partial charge < -0.3 is 26.7 Å². The highest BCUT2D eigenvalue weighted by atomic mass is 15.2. The molecule has 0 fully saturated rings. The molecule has 0 bridgehead atoms. The van der Waals surface area contributed by atoms with E-state index in [1.54, 1.807) is 6.33 Å². The molecule has 2 heterocycles. The van der Waals surface area contributed by atoms with E-state index < -0.39 is 0 Å². The molecule has 8 nitrogen and oxygen atoms in total. The summed E-state index contributed by atoms with van der Waals surface area (Å²) in [6.45, 7) is 5.12. The fourth-order valence-corrected chi connectivity index (χ4v) is 2.53. The van der Waals surface area contributed by atoms with Crippen molar-refractivity contribution in [1.82, 2.24) is 19.5 Å². The van der Waals surface area contributed by atoms with Crippen LogP contribution in [0.3, 0.4) is 0 Å². The van der Waals surface area contributed by atoms with Crippen molar-refractivity contribution in [3.8, 4) is 0 Å². The first-order chi connectivity index (χ1) is 11.9. The monoisotopic (exact) mass is 340 g/mol. The number of hydrogen-bond donors (Lipinski definition) is 4.